The van der Waals surface area contributed by atoms with Crippen LogP contribution in [0.3, 0.4) is 0 Å². The Morgan fingerprint density at radius 1 is 1.31 bits per heavy atom. The number of aliphatic carboxylic acids is 1. The summed E-state index contributed by atoms with van der Waals surface area (Å²) in [6.07, 6.45) is 5.74. The smallest absolute Gasteiger partial charge is 0.308 e. The third kappa shape index (κ3) is 2.95. The third-order valence-corrected chi connectivity index (χ3v) is 4.00. The molecule has 92 valence electrons. The van der Waals surface area contributed by atoms with Gasteiger partial charge in [0.15, 0.2) is 0 Å². The van der Waals surface area contributed by atoms with Gasteiger partial charge in [-0.1, -0.05) is 6.42 Å². The zero-order valence-corrected chi connectivity index (χ0v) is 9.74. The zero-order chi connectivity index (χ0) is 11.4. The second kappa shape index (κ2) is 5.64. The first-order valence-corrected chi connectivity index (χ1v) is 6.44. The fraction of sp³-hybridized carbons (Fsp3) is 0.917. The predicted molar refractivity (Wildman–Crippen MR) is 62.4 cm³/mol. The maximum absolute atomic E-state index is 11.3. The lowest BCUT2D eigenvalue weighted by Gasteiger charge is -2.32. The van der Waals surface area contributed by atoms with Crippen LogP contribution < -0.4 is 10.6 Å². The van der Waals surface area contributed by atoms with E-state index in [9.17, 15) is 9.90 Å². The van der Waals surface area contributed by atoms with E-state index in [-0.39, 0.29) is 5.92 Å². The molecule has 0 aromatic rings. The number of piperidine rings is 1. The summed E-state index contributed by atoms with van der Waals surface area (Å²) in [5, 5.41) is 15.9. The van der Waals surface area contributed by atoms with Crippen molar-refractivity contribution in [3.05, 3.63) is 0 Å². The minimum atomic E-state index is -0.626. The number of carbonyl (C=O) groups is 1. The monoisotopic (exact) mass is 226 g/mol. The number of rotatable bonds is 5. The first kappa shape index (κ1) is 11.9. The summed E-state index contributed by atoms with van der Waals surface area (Å²) in [4.78, 5) is 11.3. The lowest BCUT2D eigenvalue weighted by Crippen LogP contribution is -2.44. The molecule has 2 fully saturated rings. The van der Waals surface area contributed by atoms with Gasteiger partial charge in [0, 0.05) is 12.6 Å². The van der Waals surface area contributed by atoms with Gasteiger partial charge in [-0.15, -0.1) is 0 Å². The number of carboxylic acids is 1. The molecule has 1 aliphatic carbocycles. The van der Waals surface area contributed by atoms with Crippen molar-refractivity contribution in [2.45, 2.75) is 38.1 Å². The molecule has 0 radical (unpaired) electrons. The van der Waals surface area contributed by atoms with Gasteiger partial charge in [0.2, 0.25) is 0 Å². The Morgan fingerprint density at radius 3 is 2.50 bits per heavy atom. The first-order chi connectivity index (χ1) is 7.77. The van der Waals surface area contributed by atoms with Crippen LogP contribution in [-0.2, 0) is 4.79 Å². The molecule has 1 atom stereocenters. The van der Waals surface area contributed by atoms with E-state index in [1.54, 1.807) is 0 Å². The van der Waals surface area contributed by atoms with Gasteiger partial charge in [-0.2, -0.15) is 0 Å². The second-order valence-corrected chi connectivity index (χ2v) is 5.07. The molecule has 1 saturated carbocycles. The van der Waals surface area contributed by atoms with E-state index >= 15 is 0 Å². The molecule has 4 heteroatoms. The Balaban J connectivity index is 1.80. The molecule has 1 saturated heterocycles. The average Bonchev–Trinajstić information content (AvgIpc) is 2.22. The van der Waals surface area contributed by atoms with E-state index < -0.39 is 5.97 Å². The molecular formula is C12H22N2O2. The molecule has 2 aliphatic rings. The molecule has 1 heterocycles. The minimum Gasteiger partial charge on any atom is -0.481 e. The summed E-state index contributed by atoms with van der Waals surface area (Å²) in [5.74, 6) is -0.465. The highest BCUT2D eigenvalue weighted by molar-refractivity contribution is 5.70. The number of carboxylic acid groups (broad SMARTS) is 1. The minimum absolute atomic E-state index is 0.192. The van der Waals surface area contributed by atoms with Gasteiger partial charge < -0.3 is 15.7 Å². The van der Waals surface area contributed by atoms with Crippen molar-refractivity contribution < 1.29 is 9.90 Å². The van der Waals surface area contributed by atoms with Gasteiger partial charge in [-0.25, -0.2) is 0 Å². The summed E-state index contributed by atoms with van der Waals surface area (Å²) in [7, 11) is 0. The normalized spacial score (nSPS) is 25.0. The maximum atomic E-state index is 11.3. The van der Waals surface area contributed by atoms with Crippen LogP contribution in [0.2, 0.25) is 0 Å². The molecule has 4 nitrogen and oxygen atoms in total. The lowest BCUT2D eigenvalue weighted by atomic mass is 9.84. The van der Waals surface area contributed by atoms with Crippen molar-refractivity contribution in [1.82, 2.24) is 10.6 Å². The first-order valence-electron chi connectivity index (χ1n) is 6.44. The van der Waals surface area contributed by atoms with Gasteiger partial charge in [0.05, 0.1) is 5.92 Å². The largest absolute Gasteiger partial charge is 0.481 e. The van der Waals surface area contributed by atoms with Gasteiger partial charge in [0.25, 0.3) is 0 Å². The molecule has 0 aromatic carbocycles. The fourth-order valence-electron chi connectivity index (χ4n) is 2.61. The molecule has 1 unspecified atom stereocenters. The van der Waals surface area contributed by atoms with Crippen molar-refractivity contribution in [1.29, 1.82) is 0 Å². The highest BCUT2D eigenvalue weighted by Crippen LogP contribution is 2.24. The Hall–Kier alpha value is -0.610. The topological polar surface area (TPSA) is 61.4 Å². The van der Waals surface area contributed by atoms with Crippen molar-refractivity contribution in [3.8, 4) is 0 Å². The average molecular weight is 226 g/mol. The number of hydrogen-bond donors (Lipinski definition) is 3. The lowest BCUT2D eigenvalue weighted by molar-refractivity contribution is -0.144. The second-order valence-electron chi connectivity index (χ2n) is 5.07. The van der Waals surface area contributed by atoms with E-state index in [4.69, 9.17) is 0 Å². The molecule has 0 amide bonds. The van der Waals surface area contributed by atoms with Crippen molar-refractivity contribution in [2.24, 2.45) is 11.8 Å². The Labute approximate surface area is 96.8 Å². The van der Waals surface area contributed by atoms with Crippen LogP contribution in [-0.4, -0.2) is 36.8 Å². The van der Waals surface area contributed by atoms with Crippen LogP contribution in [0.1, 0.15) is 32.1 Å². The fourth-order valence-corrected chi connectivity index (χ4v) is 2.61. The summed E-state index contributed by atoms with van der Waals surface area (Å²) >= 11 is 0. The van der Waals surface area contributed by atoms with E-state index in [1.807, 2.05) is 0 Å². The number of nitrogens with one attached hydrogen (secondary N) is 2. The van der Waals surface area contributed by atoms with E-state index in [0.717, 1.165) is 25.9 Å². The third-order valence-electron chi connectivity index (χ3n) is 4.00. The molecule has 3 N–H and O–H groups in total. The zero-order valence-electron chi connectivity index (χ0n) is 9.74. The summed E-state index contributed by atoms with van der Waals surface area (Å²) in [6.45, 7) is 2.60. The highest BCUT2D eigenvalue weighted by Gasteiger charge is 2.30. The van der Waals surface area contributed by atoms with Crippen LogP contribution in [0.4, 0.5) is 0 Å². The highest BCUT2D eigenvalue weighted by atomic mass is 16.4. The maximum Gasteiger partial charge on any atom is 0.308 e. The molecule has 0 aromatic heterocycles. The van der Waals surface area contributed by atoms with Crippen LogP contribution >= 0.6 is 0 Å². The Bertz CT molecular complexity index is 235. The predicted octanol–water partition coefficient (Wildman–Crippen LogP) is 0.829. The van der Waals surface area contributed by atoms with Crippen molar-refractivity contribution >= 4 is 5.97 Å². The van der Waals surface area contributed by atoms with Crippen molar-refractivity contribution in [3.63, 3.8) is 0 Å². The summed E-state index contributed by atoms with van der Waals surface area (Å²) in [5.41, 5.74) is 0. The van der Waals surface area contributed by atoms with E-state index in [1.165, 1.54) is 19.3 Å². The van der Waals surface area contributed by atoms with Gasteiger partial charge in [0.1, 0.15) is 0 Å². The van der Waals surface area contributed by atoms with E-state index in [0.29, 0.717) is 18.5 Å². The van der Waals surface area contributed by atoms with Gasteiger partial charge in [-0.05, 0) is 44.7 Å². The molecule has 0 bridgehead atoms. The summed E-state index contributed by atoms with van der Waals surface area (Å²) in [6, 6.07) is 0.587. The Kier molecular flexibility index (Phi) is 4.18. The van der Waals surface area contributed by atoms with Crippen molar-refractivity contribution in [2.75, 3.05) is 19.6 Å². The Morgan fingerprint density at radius 2 is 2.00 bits per heavy atom. The standard InChI is InChI=1S/C12H22N2O2/c15-12(16)11(8-14-10-2-1-3-10)9-4-6-13-7-5-9/h9-11,13-14H,1-8H2,(H,15,16). The van der Waals surface area contributed by atoms with Crippen LogP contribution in [0, 0.1) is 11.8 Å². The van der Waals surface area contributed by atoms with Crippen LogP contribution in [0.25, 0.3) is 0 Å². The van der Waals surface area contributed by atoms with Gasteiger partial charge >= 0.3 is 5.97 Å². The molecule has 1 aliphatic heterocycles. The molecule has 2 rings (SSSR count). The molecular weight excluding hydrogens is 204 g/mol. The molecule has 16 heavy (non-hydrogen) atoms. The van der Waals surface area contributed by atoms with Crippen LogP contribution in [0.15, 0.2) is 0 Å². The van der Waals surface area contributed by atoms with Crippen LogP contribution in [0.5, 0.6) is 0 Å². The number of hydrogen-bond acceptors (Lipinski definition) is 3. The van der Waals surface area contributed by atoms with Gasteiger partial charge in [-0.3, -0.25) is 4.79 Å². The quantitative estimate of drug-likeness (QED) is 0.650. The SMILES string of the molecule is O=C(O)C(CNC1CCC1)C1CCNCC1. The molecule has 0 spiro atoms. The summed E-state index contributed by atoms with van der Waals surface area (Å²) < 4.78 is 0. The van der Waals surface area contributed by atoms with E-state index in [2.05, 4.69) is 10.6 Å².